The predicted octanol–water partition coefficient (Wildman–Crippen LogP) is 3.11. The van der Waals surface area contributed by atoms with Crippen LogP contribution in [0.3, 0.4) is 0 Å². The zero-order valence-corrected chi connectivity index (χ0v) is 16.1. The van der Waals surface area contributed by atoms with Crippen LogP contribution in [0.15, 0.2) is 42.5 Å². The highest BCUT2D eigenvalue weighted by Crippen LogP contribution is 2.21. The van der Waals surface area contributed by atoms with Gasteiger partial charge in [-0.3, -0.25) is 9.59 Å². The molecule has 0 bridgehead atoms. The van der Waals surface area contributed by atoms with Gasteiger partial charge in [-0.05, 0) is 55.2 Å². The van der Waals surface area contributed by atoms with Crippen LogP contribution >= 0.6 is 11.6 Å². The van der Waals surface area contributed by atoms with Crippen molar-refractivity contribution in [1.29, 1.82) is 5.26 Å². The van der Waals surface area contributed by atoms with Crippen LogP contribution in [0.2, 0.25) is 5.02 Å². The van der Waals surface area contributed by atoms with E-state index in [0.717, 1.165) is 18.7 Å². The maximum atomic E-state index is 12.0. The molecular weight excluding hydrogens is 376 g/mol. The molecule has 1 fully saturated rings. The van der Waals surface area contributed by atoms with Gasteiger partial charge < -0.3 is 15.5 Å². The number of benzene rings is 2. The van der Waals surface area contributed by atoms with Crippen LogP contribution in [0.25, 0.3) is 0 Å². The Hall–Kier alpha value is -3.04. The summed E-state index contributed by atoms with van der Waals surface area (Å²) in [4.78, 5) is 26.4. The van der Waals surface area contributed by atoms with E-state index in [4.69, 9.17) is 16.9 Å². The Labute approximate surface area is 169 Å². The van der Waals surface area contributed by atoms with Crippen molar-refractivity contribution < 1.29 is 9.59 Å². The zero-order chi connectivity index (χ0) is 19.9. The SMILES string of the molecule is N#Cc1ccc(Cl)cc1NC(=O)C(=O)NCCc1ccc(N2CCCC2)cc1. The van der Waals surface area contributed by atoms with Gasteiger partial charge in [-0.25, -0.2) is 0 Å². The minimum atomic E-state index is -0.830. The third kappa shape index (κ3) is 5.02. The lowest BCUT2D eigenvalue weighted by Crippen LogP contribution is -2.36. The van der Waals surface area contributed by atoms with E-state index in [1.54, 1.807) is 6.07 Å². The summed E-state index contributed by atoms with van der Waals surface area (Å²) in [5.74, 6) is -1.58. The summed E-state index contributed by atoms with van der Waals surface area (Å²) >= 11 is 5.88. The van der Waals surface area contributed by atoms with Gasteiger partial charge in [0, 0.05) is 30.3 Å². The maximum Gasteiger partial charge on any atom is 0.313 e. The largest absolute Gasteiger partial charge is 0.372 e. The number of nitrogens with zero attached hydrogens (tertiary/aromatic N) is 2. The molecule has 2 N–H and O–H groups in total. The molecule has 2 aromatic carbocycles. The van der Waals surface area contributed by atoms with Gasteiger partial charge in [0.15, 0.2) is 0 Å². The first-order valence-corrected chi connectivity index (χ1v) is 9.57. The topological polar surface area (TPSA) is 85.2 Å². The van der Waals surface area contributed by atoms with Crippen molar-refractivity contribution in [2.24, 2.45) is 0 Å². The third-order valence-electron chi connectivity index (χ3n) is 4.66. The predicted molar refractivity (Wildman–Crippen MR) is 109 cm³/mol. The summed E-state index contributed by atoms with van der Waals surface area (Å²) in [6.07, 6.45) is 3.10. The average molecular weight is 397 g/mol. The normalized spacial score (nSPS) is 13.1. The monoisotopic (exact) mass is 396 g/mol. The molecule has 7 heteroatoms. The second kappa shape index (κ2) is 9.25. The first-order chi connectivity index (χ1) is 13.6. The highest BCUT2D eigenvalue weighted by molar-refractivity contribution is 6.40. The number of nitriles is 1. The highest BCUT2D eigenvalue weighted by Gasteiger charge is 2.16. The Kier molecular flexibility index (Phi) is 6.51. The standard InChI is InChI=1S/C21H21ClN4O2/c22-17-6-5-16(14-23)19(13-17)25-21(28)20(27)24-10-9-15-3-7-18(8-4-15)26-11-1-2-12-26/h3-8,13H,1-2,9-12H2,(H,24,27)(H,25,28). The van der Waals surface area contributed by atoms with Crippen molar-refractivity contribution in [2.75, 3.05) is 29.9 Å². The Bertz CT molecular complexity index is 900. The summed E-state index contributed by atoms with van der Waals surface area (Å²) in [5.41, 5.74) is 2.76. The van der Waals surface area contributed by atoms with Crippen LogP contribution in [0, 0.1) is 11.3 Å². The number of rotatable bonds is 5. The lowest BCUT2D eigenvalue weighted by molar-refractivity contribution is -0.136. The molecule has 1 heterocycles. The first kappa shape index (κ1) is 19.7. The minimum Gasteiger partial charge on any atom is -0.372 e. The molecule has 0 aliphatic carbocycles. The molecule has 28 heavy (non-hydrogen) atoms. The van der Waals surface area contributed by atoms with Crippen molar-refractivity contribution in [3.8, 4) is 6.07 Å². The molecule has 2 aromatic rings. The van der Waals surface area contributed by atoms with E-state index in [1.165, 1.54) is 30.7 Å². The quantitative estimate of drug-likeness (QED) is 0.760. The number of carbonyl (C=O) groups is 2. The fraction of sp³-hybridized carbons (Fsp3) is 0.286. The van der Waals surface area contributed by atoms with Gasteiger partial charge in [-0.2, -0.15) is 5.26 Å². The van der Waals surface area contributed by atoms with Gasteiger partial charge in [-0.1, -0.05) is 23.7 Å². The summed E-state index contributed by atoms with van der Waals surface area (Å²) < 4.78 is 0. The van der Waals surface area contributed by atoms with Gasteiger partial charge in [0.1, 0.15) is 6.07 Å². The number of hydrogen-bond acceptors (Lipinski definition) is 4. The van der Waals surface area contributed by atoms with Crippen molar-refractivity contribution >= 4 is 34.8 Å². The van der Waals surface area contributed by atoms with Crippen molar-refractivity contribution in [3.63, 3.8) is 0 Å². The minimum absolute atomic E-state index is 0.215. The molecule has 3 rings (SSSR count). The summed E-state index contributed by atoms with van der Waals surface area (Å²) in [6.45, 7) is 2.55. The van der Waals surface area contributed by atoms with Crippen LogP contribution in [0.4, 0.5) is 11.4 Å². The highest BCUT2D eigenvalue weighted by atomic mass is 35.5. The van der Waals surface area contributed by atoms with Gasteiger partial charge >= 0.3 is 11.8 Å². The molecule has 0 unspecified atom stereocenters. The van der Waals surface area contributed by atoms with Gasteiger partial charge in [0.25, 0.3) is 0 Å². The first-order valence-electron chi connectivity index (χ1n) is 9.19. The number of halogens is 1. The molecule has 6 nitrogen and oxygen atoms in total. The van der Waals surface area contributed by atoms with E-state index >= 15 is 0 Å². The molecule has 1 aliphatic heterocycles. The zero-order valence-electron chi connectivity index (χ0n) is 15.4. The molecular formula is C21H21ClN4O2. The Morgan fingerprint density at radius 1 is 1.07 bits per heavy atom. The van der Waals surface area contributed by atoms with Crippen LogP contribution < -0.4 is 15.5 Å². The Morgan fingerprint density at radius 3 is 2.46 bits per heavy atom. The van der Waals surface area contributed by atoms with E-state index in [-0.39, 0.29) is 11.3 Å². The molecule has 0 atom stereocenters. The molecule has 0 saturated carbocycles. The second-order valence-corrected chi connectivity index (χ2v) is 7.06. The fourth-order valence-electron chi connectivity index (χ4n) is 3.15. The second-order valence-electron chi connectivity index (χ2n) is 6.62. The lowest BCUT2D eigenvalue weighted by atomic mass is 10.1. The van der Waals surface area contributed by atoms with E-state index in [9.17, 15) is 9.59 Å². The third-order valence-corrected chi connectivity index (χ3v) is 4.90. The molecule has 144 valence electrons. The summed E-state index contributed by atoms with van der Waals surface area (Å²) in [6, 6.07) is 14.7. The van der Waals surface area contributed by atoms with Crippen LogP contribution in [-0.2, 0) is 16.0 Å². The lowest BCUT2D eigenvalue weighted by Gasteiger charge is -2.17. The molecule has 1 saturated heterocycles. The smallest absolute Gasteiger partial charge is 0.313 e. The average Bonchev–Trinajstić information content (AvgIpc) is 3.23. The fourth-order valence-corrected chi connectivity index (χ4v) is 3.32. The van der Waals surface area contributed by atoms with E-state index in [0.29, 0.717) is 18.0 Å². The molecule has 0 radical (unpaired) electrons. The van der Waals surface area contributed by atoms with Crippen LogP contribution in [-0.4, -0.2) is 31.4 Å². The maximum absolute atomic E-state index is 12.0. The van der Waals surface area contributed by atoms with Crippen molar-refractivity contribution in [2.45, 2.75) is 19.3 Å². The van der Waals surface area contributed by atoms with Crippen LogP contribution in [0.1, 0.15) is 24.0 Å². The van der Waals surface area contributed by atoms with Crippen molar-refractivity contribution in [3.05, 3.63) is 58.6 Å². The van der Waals surface area contributed by atoms with Crippen LogP contribution in [0.5, 0.6) is 0 Å². The van der Waals surface area contributed by atoms with Gasteiger partial charge in [0.05, 0.1) is 11.3 Å². The number of nitrogens with one attached hydrogen (secondary N) is 2. The molecule has 0 spiro atoms. The van der Waals surface area contributed by atoms with Crippen molar-refractivity contribution in [1.82, 2.24) is 5.32 Å². The Morgan fingerprint density at radius 2 is 1.79 bits per heavy atom. The van der Waals surface area contributed by atoms with Gasteiger partial charge in [0.2, 0.25) is 0 Å². The number of anilines is 2. The number of carbonyl (C=O) groups excluding carboxylic acids is 2. The van der Waals surface area contributed by atoms with Gasteiger partial charge in [-0.15, -0.1) is 0 Å². The Balaban J connectivity index is 1.48. The number of hydrogen-bond donors (Lipinski definition) is 2. The molecule has 0 aromatic heterocycles. The van der Waals surface area contributed by atoms with E-state index in [1.807, 2.05) is 18.2 Å². The number of amides is 2. The van der Waals surface area contributed by atoms with E-state index < -0.39 is 11.8 Å². The molecule has 2 amide bonds. The molecule has 1 aliphatic rings. The van der Waals surface area contributed by atoms with E-state index in [2.05, 4.69) is 27.7 Å². The summed E-state index contributed by atoms with van der Waals surface area (Å²) in [5, 5.41) is 14.5. The summed E-state index contributed by atoms with van der Waals surface area (Å²) in [7, 11) is 0.